The van der Waals surface area contributed by atoms with Crippen molar-refractivity contribution in [3.63, 3.8) is 0 Å². The lowest BCUT2D eigenvalue weighted by molar-refractivity contribution is -0.123. The van der Waals surface area contributed by atoms with E-state index >= 15 is 0 Å². The molecule has 2 aromatic rings. The maximum Gasteiger partial charge on any atom is 0.232 e. The Bertz CT molecular complexity index is 997. The van der Waals surface area contributed by atoms with Crippen LogP contribution in [0, 0.1) is 19.8 Å². The second-order valence-electron chi connectivity index (χ2n) is 8.42. The van der Waals surface area contributed by atoms with Gasteiger partial charge < -0.3 is 4.74 Å². The van der Waals surface area contributed by atoms with Crippen LogP contribution in [-0.2, 0) is 19.6 Å². The van der Waals surface area contributed by atoms with Crippen molar-refractivity contribution < 1.29 is 17.9 Å². The van der Waals surface area contributed by atoms with Gasteiger partial charge in [-0.1, -0.05) is 11.3 Å². The van der Waals surface area contributed by atoms with Crippen LogP contribution < -0.4 is 4.90 Å². The van der Waals surface area contributed by atoms with E-state index in [4.69, 9.17) is 9.72 Å². The van der Waals surface area contributed by atoms with E-state index in [1.165, 1.54) is 21.7 Å². The standard InChI is InChI=1S/C21H29N3O4S2/c1-14-11-18-19(12-15(14)2)29-21(22-18)24(13-17-5-4-10-28-17)20(25)16-6-8-23(9-7-16)30(3,26)27/h11-12,16-17H,4-10,13H2,1-3H3. The number of ether oxygens (including phenoxy) is 1. The second-order valence-corrected chi connectivity index (χ2v) is 11.4. The van der Waals surface area contributed by atoms with Crippen molar-refractivity contribution in [2.24, 2.45) is 5.92 Å². The molecule has 9 heteroatoms. The van der Waals surface area contributed by atoms with Gasteiger partial charge in [-0.15, -0.1) is 0 Å². The first-order chi connectivity index (χ1) is 14.2. The number of aryl methyl sites for hydroxylation is 2. The zero-order valence-electron chi connectivity index (χ0n) is 17.8. The van der Waals surface area contributed by atoms with E-state index in [1.807, 2.05) is 0 Å². The molecule has 1 amide bonds. The molecule has 2 aliphatic rings. The molecule has 164 valence electrons. The summed E-state index contributed by atoms with van der Waals surface area (Å²) >= 11 is 1.54. The van der Waals surface area contributed by atoms with Crippen molar-refractivity contribution in [3.05, 3.63) is 23.3 Å². The van der Waals surface area contributed by atoms with Gasteiger partial charge in [0.15, 0.2) is 5.13 Å². The number of rotatable bonds is 5. The molecular weight excluding hydrogens is 422 g/mol. The lowest BCUT2D eigenvalue weighted by Crippen LogP contribution is -2.46. The molecule has 1 atom stereocenters. The number of anilines is 1. The minimum absolute atomic E-state index is 0.0283. The Kier molecular flexibility index (Phi) is 6.16. The third-order valence-electron chi connectivity index (χ3n) is 6.17. The Morgan fingerprint density at radius 3 is 2.57 bits per heavy atom. The molecule has 3 heterocycles. The minimum Gasteiger partial charge on any atom is -0.376 e. The zero-order chi connectivity index (χ0) is 21.5. The van der Waals surface area contributed by atoms with Crippen LogP contribution in [0.4, 0.5) is 5.13 Å². The predicted octanol–water partition coefficient (Wildman–Crippen LogP) is 3.10. The van der Waals surface area contributed by atoms with Gasteiger partial charge in [0, 0.05) is 25.6 Å². The Labute approximate surface area is 182 Å². The molecule has 1 aromatic carbocycles. The lowest BCUT2D eigenvalue weighted by atomic mass is 9.96. The van der Waals surface area contributed by atoms with E-state index < -0.39 is 10.0 Å². The minimum atomic E-state index is -3.21. The molecule has 1 aromatic heterocycles. The van der Waals surface area contributed by atoms with Gasteiger partial charge >= 0.3 is 0 Å². The van der Waals surface area contributed by atoms with Crippen LogP contribution in [0.2, 0.25) is 0 Å². The highest BCUT2D eigenvalue weighted by molar-refractivity contribution is 7.88. The molecule has 2 aliphatic heterocycles. The number of sulfonamides is 1. The van der Waals surface area contributed by atoms with Crippen LogP contribution in [0.5, 0.6) is 0 Å². The topological polar surface area (TPSA) is 79.8 Å². The van der Waals surface area contributed by atoms with E-state index in [-0.39, 0.29) is 17.9 Å². The highest BCUT2D eigenvalue weighted by Crippen LogP contribution is 2.33. The fraction of sp³-hybridized carbons (Fsp3) is 0.619. The average molecular weight is 452 g/mol. The zero-order valence-corrected chi connectivity index (χ0v) is 19.4. The van der Waals surface area contributed by atoms with Crippen LogP contribution in [-0.4, -0.2) is 62.2 Å². The first kappa shape index (κ1) is 21.7. The largest absolute Gasteiger partial charge is 0.376 e. The monoisotopic (exact) mass is 451 g/mol. The third-order valence-corrected chi connectivity index (χ3v) is 8.52. The van der Waals surface area contributed by atoms with Gasteiger partial charge in [0.2, 0.25) is 15.9 Å². The van der Waals surface area contributed by atoms with Crippen LogP contribution >= 0.6 is 11.3 Å². The Morgan fingerprint density at radius 1 is 1.23 bits per heavy atom. The van der Waals surface area contributed by atoms with Gasteiger partial charge in [0.25, 0.3) is 0 Å². The fourth-order valence-electron chi connectivity index (χ4n) is 4.19. The van der Waals surface area contributed by atoms with Gasteiger partial charge in [-0.2, -0.15) is 0 Å². The van der Waals surface area contributed by atoms with Crippen molar-refractivity contribution in [1.82, 2.24) is 9.29 Å². The SMILES string of the molecule is Cc1cc2nc(N(CC3CCCO3)C(=O)C3CCN(S(C)(=O)=O)CC3)sc2cc1C. The van der Waals surface area contributed by atoms with Crippen molar-refractivity contribution in [2.75, 3.05) is 37.4 Å². The quantitative estimate of drug-likeness (QED) is 0.698. The molecule has 4 rings (SSSR count). The van der Waals surface area contributed by atoms with E-state index in [2.05, 4.69) is 26.0 Å². The number of nitrogens with zero attached hydrogens (tertiary/aromatic N) is 3. The van der Waals surface area contributed by atoms with Gasteiger partial charge in [-0.25, -0.2) is 17.7 Å². The summed E-state index contributed by atoms with van der Waals surface area (Å²) in [5.41, 5.74) is 3.31. The smallest absolute Gasteiger partial charge is 0.232 e. The third kappa shape index (κ3) is 4.54. The van der Waals surface area contributed by atoms with Crippen molar-refractivity contribution in [1.29, 1.82) is 0 Å². The fourth-order valence-corrected chi connectivity index (χ4v) is 6.13. The normalized spacial score (nSPS) is 21.4. The van der Waals surface area contributed by atoms with Crippen LogP contribution in [0.1, 0.15) is 36.8 Å². The van der Waals surface area contributed by atoms with Gasteiger partial charge in [0.05, 0.1) is 29.1 Å². The molecule has 0 radical (unpaired) electrons. The molecule has 7 nitrogen and oxygen atoms in total. The molecule has 0 spiro atoms. The Balaban J connectivity index is 1.59. The number of aromatic nitrogens is 1. The summed E-state index contributed by atoms with van der Waals surface area (Å²) in [5, 5.41) is 0.709. The molecule has 1 unspecified atom stereocenters. The number of carbonyl (C=O) groups is 1. The summed E-state index contributed by atoms with van der Waals surface area (Å²) < 4.78 is 32.0. The highest BCUT2D eigenvalue weighted by atomic mass is 32.2. The summed E-state index contributed by atoms with van der Waals surface area (Å²) in [6, 6.07) is 4.20. The van der Waals surface area contributed by atoms with E-state index in [1.54, 1.807) is 16.2 Å². The van der Waals surface area contributed by atoms with Crippen molar-refractivity contribution in [2.45, 2.75) is 45.6 Å². The summed E-state index contributed by atoms with van der Waals surface area (Å²) in [5.74, 6) is -0.161. The Hall–Kier alpha value is -1.55. The van der Waals surface area contributed by atoms with Crippen LogP contribution in [0.3, 0.4) is 0 Å². The maximum atomic E-state index is 13.5. The number of thiazole rings is 1. The predicted molar refractivity (Wildman–Crippen MR) is 120 cm³/mol. The number of benzene rings is 1. The number of fused-ring (bicyclic) bond motifs is 1. The van der Waals surface area contributed by atoms with Crippen molar-refractivity contribution >= 4 is 42.6 Å². The van der Waals surface area contributed by atoms with Gasteiger partial charge in [-0.05, 0) is 62.8 Å². The maximum absolute atomic E-state index is 13.5. The van der Waals surface area contributed by atoms with E-state index in [9.17, 15) is 13.2 Å². The lowest BCUT2D eigenvalue weighted by Gasteiger charge is -2.33. The molecule has 0 aliphatic carbocycles. The highest BCUT2D eigenvalue weighted by Gasteiger charge is 2.34. The van der Waals surface area contributed by atoms with Crippen molar-refractivity contribution in [3.8, 4) is 0 Å². The first-order valence-corrected chi connectivity index (χ1v) is 13.1. The average Bonchev–Trinajstić information content (AvgIpc) is 3.35. The molecular formula is C21H29N3O4S2. The van der Waals surface area contributed by atoms with E-state index in [0.717, 1.165) is 29.7 Å². The molecule has 0 bridgehead atoms. The van der Waals surface area contributed by atoms with Gasteiger partial charge in [-0.3, -0.25) is 9.69 Å². The number of hydrogen-bond acceptors (Lipinski definition) is 6. The van der Waals surface area contributed by atoms with E-state index in [0.29, 0.717) is 37.6 Å². The number of carbonyl (C=O) groups excluding carboxylic acids is 1. The second kappa shape index (κ2) is 8.53. The molecule has 2 fully saturated rings. The molecule has 30 heavy (non-hydrogen) atoms. The van der Waals surface area contributed by atoms with Crippen LogP contribution in [0.15, 0.2) is 12.1 Å². The molecule has 0 N–H and O–H groups in total. The van der Waals surface area contributed by atoms with Gasteiger partial charge in [0.1, 0.15) is 0 Å². The first-order valence-electron chi connectivity index (χ1n) is 10.5. The number of amides is 1. The summed E-state index contributed by atoms with van der Waals surface area (Å²) in [7, 11) is -3.21. The molecule has 2 saturated heterocycles. The number of piperidine rings is 1. The number of hydrogen-bond donors (Lipinski definition) is 0. The molecule has 0 saturated carbocycles. The summed E-state index contributed by atoms with van der Waals surface area (Å²) in [4.78, 5) is 20.1. The summed E-state index contributed by atoms with van der Waals surface area (Å²) in [6.07, 6.45) is 4.29. The summed E-state index contributed by atoms with van der Waals surface area (Å²) in [6.45, 7) is 6.17. The Morgan fingerprint density at radius 2 is 1.93 bits per heavy atom. The van der Waals surface area contributed by atoms with Crippen LogP contribution in [0.25, 0.3) is 10.2 Å².